The molecule has 5 nitrogen and oxygen atoms in total. The van der Waals surface area contributed by atoms with Crippen LogP contribution in [0.1, 0.15) is 46.0 Å². The number of hydrogen-bond acceptors (Lipinski definition) is 5. The Morgan fingerprint density at radius 1 is 1.06 bits per heavy atom. The quantitative estimate of drug-likeness (QED) is 0.446. The zero-order valence-corrected chi connectivity index (χ0v) is 19.5. The third kappa shape index (κ3) is 5.75. The van der Waals surface area contributed by atoms with Crippen LogP contribution in [0.25, 0.3) is 11.1 Å². The Morgan fingerprint density at radius 2 is 1.81 bits per heavy atom. The Morgan fingerprint density at radius 3 is 2.48 bits per heavy atom. The molecule has 0 aromatic heterocycles. The normalized spacial score (nSPS) is 21.7. The van der Waals surface area contributed by atoms with E-state index in [2.05, 4.69) is 37.4 Å². The van der Waals surface area contributed by atoms with E-state index in [1.165, 1.54) is 25.7 Å². The van der Waals surface area contributed by atoms with Crippen LogP contribution in [0, 0.1) is 5.41 Å². The third-order valence-corrected chi connectivity index (χ3v) is 8.53. The minimum absolute atomic E-state index is 0.455. The summed E-state index contributed by atoms with van der Waals surface area (Å²) in [4.78, 5) is 0. The maximum Gasteiger partial charge on any atom is 0.119 e. The molecule has 2 fully saturated rings. The van der Waals surface area contributed by atoms with E-state index in [-0.39, 0.29) is 0 Å². The van der Waals surface area contributed by atoms with Gasteiger partial charge in [-0.3, -0.25) is 13.4 Å². The van der Waals surface area contributed by atoms with E-state index in [0.717, 1.165) is 35.5 Å². The van der Waals surface area contributed by atoms with Crippen LogP contribution < -0.4 is 14.4 Å². The third-order valence-electron chi connectivity index (χ3n) is 6.60. The minimum Gasteiger partial charge on any atom is -0.492 e. The highest BCUT2D eigenvalue weighted by atomic mass is 32.3. The fraction of sp³-hybridized carbons (Fsp3) is 0.520. The second kappa shape index (κ2) is 9.41. The fourth-order valence-electron chi connectivity index (χ4n) is 4.58. The van der Waals surface area contributed by atoms with Crippen molar-refractivity contribution in [3.63, 3.8) is 0 Å². The summed E-state index contributed by atoms with van der Waals surface area (Å²) in [6, 6.07) is 16.8. The highest BCUT2D eigenvalue weighted by Gasteiger charge is 2.29. The molecule has 4 rings (SSSR count). The van der Waals surface area contributed by atoms with Crippen LogP contribution in [0.15, 0.2) is 48.5 Å². The second-order valence-corrected chi connectivity index (χ2v) is 11.7. The SMILES string of the molecule is CC1(C)CCC(NCCOc2ccc(-c3cccc(N4CCCS4(O)O)c3)cc2)CC1. The van der Waals surface area contributed by atoms with E-state index in [1.807, 2.05) is 30.3 Å². The van der Waals surface area contributed by atoms with Crippen molar-refractivity contribution in [3.8, 4) is 16.9 Å². The van der Waals surface area contributed by atoms with Crippen molar-refractivity contribution >= 4 is 16.5 Å². The molecule has 0 bridgehead atoms. The van der Waals surface area contributed by atoms with Crippen molar-refractivity contribution in [2.45, 2.75) is 52.0 Å². The summed E-state index contributed by atoms with van der Waals surface area (Å²) in [7, 11) is -2.67. The summed E-state index contributed by atoms with van der Waals surface area (Å²) < 4.78 is 28.2. The van der Waals surface area contributed by atoms with Gasteiger partial charge >= 0.3 is 0 Å². The van der Waals surface area contributed by atoms with Gasteiger partial charge in [-0.1, -0.05) is 38.1 Å². The Labute approximate surface area is 188 Å². The molecule has 0 atom stereocenters. The molecule has 3 N–H and O–H groups in total. The summed E-state index contributed by atoms with van der Waals surface area (Å²) in [5.74, 6) is 1.33. The molecule has 31 heavy (non-hydrogen) atoms. The molecule has 6 heteroatoms. The summed E-state index contributed by atoms with van der Waals surface area (Å²) in [6.07, 6.45) is 5.92. The van der Waals surface area contributed by atoms with Crippen molar-refractivity contribution in [1.82, 2.24) is 5.32 Å². The second-order valence-electron chi connectivity index (χ2n) is 9.61. The molecule has 1 saturated carbocycles. The number of ether oxygens (including phenoxy) is 1. The number of nitrogens with zero attached hydrogens (tertiary/aromatic N) is 1. The first-order chi connectivity index (χ1) is 14.8. The van der Waals surface area contributed by atoms with E-state index in [0.29, 0.717) is 30.4 Å². The highest BCUT2D eigenvalue weighted by molar-refractivity contribution is 8.25. The van der Waals surface area contributed by atoms with Gasteiger partial charge in [0.15, 0.2) is 0 Å². The largest absolute Gasteiger partial charge is 0.492 e. The van der Waals surface area contributed by atoms with Gasteiger partial charge in [-0.25, -0.2) is 0 Å². The predicted octanol–water partition coefficient (Wildman–Crippen LogP) is 6.17. The smallest absolute Gasteiger partial charge is 0.119 e. The van der Waals surface area contributed by atoms with E-state index in [1.54, 1.807) is 4.31 Å². The van der Waals surface area contributed by atoms with Crippen LogP contribution in [0.2, 0.25) is 0 Å². The van der Waals surface area contributed by atoms with Crippen molar-refractivity contribution in [3.05, 3.63) is 48.5 Å². The first kappa shape index (κ1) is 22.5. The average molecular weight is 445 g/mol. The van der Waals surface area contributed by atoms with E-state index < -0.39 is 10.8 Å². The number of rotatable bonds is 7. The Bertz CT molecular complexity index is 859. The molecule has 2 aromatic rings. The molecule has 170 valence electrons. The van der Waals surface area contributed by atoms with E-state index in [9.17, 15) is 9.11 Å². The summed E-state index contributed by atoms with van der Waals surface area (Å²) >= 11 is 0. The molecule has 1 heterocycles. The number of benzene rings is 2. The van der Waals surface area contributed by atoms with Gasteiger partial charge in [0, 0.05) is 19.1 Å². The van der Waals surface area contributed by atoms with Crippen LogP contribution in [-0.4, -0.2) is 40.6 Å². The first-order valence-corrected chi connectivity index (χ1v) is 13.1. The van der Waals surface area contributed by atoms with E-state index >= 15 is 0 Å². The lowest BCUT2D eigenvalue weighted by molar-refractivity contribution is 0.200. The highest BCUT2D eigenvalue weighted by Crippen LogP contribution is 2.51. The summed E-state index contributed by atoms with van der Waals surface area (Å²) in [6.45, 7) is 6.96. The van der Waals surface area contributed by atoms with Crippen LogP contribution in [-0.2, 0) is 0 Å². The Kier molecular flexibility index (Phi) is 6.82. The van der Waals surface area contributed by atoms with Crippen LogP contribution in [0.5, 0.6) is 5.75 Å². The van der Waals surface area contributed by atoms with Gasteiger partial charge in [0.2, 0.25) is 0 Å². The lowest BCUT2D eigenvalue weighted by atomic mass is 9.75. The van der Waals surface area contributed by atoms with Crippen molar-refractivity contribution < 1.29 is 13.8 Å². The van der Waals surface area contributed by atoms with Gasteiger partial charge in [0.05, 0.1) is 11.4 Å². The molecule has 0 unspecified atom stereocenters. The fourth-order valence-corrected chi connectivity index (χ4v) is 6.19. The van der Waals surface area contributed by atoms with Gasteiger partial charge in [0.1, 0.15) is 12.4 Å². The maximum atomic E-state index is 10.3. The Hall–Kier alpha value is -1.73. The monoisotopic (exact) mass is 444 g/mol. The standard InChI is InChI=1S/C25H36N2O3S/c1-25(2)13-11-22(12-14-25)26-15-17-30-24-9-7-20(8-10-24)21-5-3-6-23(19-21)27-16-4-18-31(27,28)29/h3,5-10,19,22,26,28-29H,4,11-18H2,1-2H3. The molecule has 0 spiro atoms. The molecular formula is C25H36N2O3S. The van der Waals surface area contributed by atoms with Crippen molar-refractivity contribution in [2.75, 3.05) is 29.8 Å². The lowest BCUT2D eigenvalue weighted by Gasteiger charge is -2.38. The molecule has 0 radical (unpaired) electrons. The van der Waals surface area contributed by atoms with Gasteiger partial charge in [-0.15, -0.1) is 10.8 Å². The van der Waals surface area contributed by atoms with Crippen LogP contribution >= 0.6 is 10.8 Å². The molecule has 2 aliphatic rings. The van der Waals surface area contributed by atoms with Crippen molar-refractivity contribution in [1.29, 1.82) is 0 Å². The van der Waals surface area contributed by atoms with Crippen LogP contribution in [0.3, 0.4) is 0 Å². The van der Waals surface area contributed by atoms with Gasteiger partial charge in [-0.2, -0.15) is 0 Å². The topological polar surface area (TPSA) is 65.0 Å². The molecular weight excluding hydrogens is 408 g/mol. The first-order valence-electron chi connectivity index (χ1n) is 11.4. The summed E-state index contributed by atoms with van der Waals surface area (Å²) in [5.41, 5.74) is 3.53. The van der Waals surface area contributed by atoms with Crippen LogP contribution in [0.4, 0.5) is 5.69 Å². The Balaban J connectivity index is 1.28. The molecule has 2 aromatic carbocycles. The predicted molar refractivity (Wildman–Crippen MR) is 131 cm³/mol. The van der Waals surface area contributed by atoms with Gasteiger partial charge < -0.3 is 10.1 Å². The zero-order valence-electron chi connectivity index (χ0n) is 18.7. The number of nitrogens with one attached hydrogen (secondary N) is 1. The molecule has 1 saturated heterocycles. The summed E-state index contributed by atoms with van der Waals surface area (Å²) in [5, 5.41) is 3.64. The zero-order chi connectivity index (χ0) is 21.9. The van der Waals surface area contributed by atoms with Crippen molar-refractivity contribution in [2.24, 2.45) is 5.41 Å². The maximum absolute atomic E-state index is 10.3. The molecule has 1 aliphatic carbocycles. The lowest BCUT2D eigenvalue weighted by Crippen LogP contribution is -2.37. The van der Waals surface area contributed by atoms with E-state index in [4.69, 9.17) is 4.74 Å². The van der Waals surface area contributed by atoms with Gasteiger partial charge in [0.25, 0.3) is 0 Å². The minimum atomic E-state index is -2.67. The average Bonchev–Trinajstić information content (AvgIpc) is 3.12. The molecule has 1 aliphatic heterocycles. The number of hydrogen-bond donors (Lipinski definition) is 3. The molecule has 0 amide bonds. The van der Waals surface area contributed by atoms with Gasteiger partial charge in [-0.05, 0) is 72.9 Å². The number of anilines is 1.